The van der Waals surface area contributed by atoms with Crippen LogP contribution in [0.5, 0.6) is 0 Å². The van der Waals surface area contributed by atoms with Gasteiger partial charge in [-0.15, -0.1) is 11.3 Å². The zero-order valence-electron chi connectivity index (χ0n) is 11.6. The van der Waals surface area contributed by atoms with Gasteiger partial charge < -0.3 is 15.8 Å². The van der Waals surface area contributed by atoms with E-state index in [0.29, 0.717) is 17.9 Å². The minimum absolute atomic E-state index is 0.134. The van der Waals surface area contributed by atoms with Crippen molar-refractivity contribution in [1.82, 2.24) is 0 Å². The van der Waals surface area contributed by atoms with E-state index in [1.807, 2.05) is 11.4 Å². The van der Waals surface area contributed by atoms with Crippen LogP contribution in [-0.4, -0.2) is 12.6 Å². The van der Waals surface area contributed by atoms with Crippen LogP contribution in [0.2, 0.25) is 0 Å². The van der Waals surface area contributed by atoms with Crippen LogP contribution in [0.4, 0.5) is 11.4 Å². The van der Waals surface area contributed by atoms with Crippen LogP contribution in [0.1, 0.15) is 35.1 Å². The predicted molar refractivity (Wildman–Crippen MR) is 83.2 cm³/mol. The summed E-state index contributed by atoms with van der Waals surface area (Å²) in [4.78, 5) is 12.9. The first kappa shape index (κ1) is 14.4. The molecule has 0 saturated heterocycles. The van der Waals surface area contributed by atoms with Gasteiger partial charge in [0.15, 0.2) is 0 Å². The molecule has 0 fully saturated rings. The number of anilines is 2. The average Bonchev–Trinajstić information content (AvgIpc) is 2.95. The molecule has 2 aromatic rings. The molecule has 1 heterocycles. The summed E-state index contributed by atoms with van der Waals surface area (Å²) < 4.78 is 4.99. The zero-order valence-corrected chi connectivity index (χ0v) is 12.4. The molecule has 0 aliphatic heterocycles. The van der Waals surface area contributed by atoms with Gasteiger partial charge in [-0.3, -0.25) is 0 Å². The molecule has 3 N–H and O–H groups in total. The smallest absolute Gasteiger partial charge is 0.338 e. The third kappa shape index (κ3) is 3.30. The maximum Gasteiger partial charge on any atom is 0.338 e. The molecule has 1 aromatic heterocycles. The molecule has 0 aliphatic rings. The second-order valence-electron chi connectivity index (χ2n) is 4.40. The van der Waals surface area contributed by atoms with Crippen molar-refractivity contribution in [2.24, 2.45) is 0 Å². The van der Waals surface area contributed by atoms with Crippen LogP contribution in [-0.2, 0) is 4.74 Å². The third-order valence-electron chi connectivity index (χ3n) is 2.91. The van der Waals surface area contributed by atoms with Crippen molar-refractivity contribution in [3.63, 3.8) is 0 Å². The fraction of sp³-hybridized carbons (Fsp3) is 0.267. The molecule has 0 spiro atoms. The van der Waals surface area contributed by atoms with Gasteiger partial charge in [-0.05, 0) is 43.5 Å². The summed E-state index contributed by atoms with van der Waals surface area (Å²) in [6, 6.07) is 9.33. The van der Waals surface area contributed by atoms with Crippen LogP contribution in [0.25, 0.3) is 0 Å². The number of hydrogen-bond donors (Lipinski definition) is 2. The molecule has 0 saturated carbocycles. The van der Waals surface area contributed by atoms with Gasteiger partial charge in [0, 0.05) is 4.88 Å². The Labute approximate surface area is 122 Å². The minimum atomic E-state index is -0.334. The first-order valence-corrected chi connectivity index (χ1v) is 7.36. The number of benzene rings is 1. The van der Waals surface area contributed by atoms with E-state index in [4.69, 9.17) is 10.5 Å². The van der Waals surface area contributed by atoms with Gasteiger partial charge in [0.2, 0.25) is 0 Å². The zero-order chi connectivity index (χ0) is 14.5. The Morgan fingerprint density at radius 2 is 2.25 bits per heavy atom. The lowest BCUT2D eigenvalue weighted by Crippen LogP contribution is -2.10. The number of rotatable bonds is 5. The Kier molecular flexibility index (Phi) is 4.63. The van der Waals surface area contributed by atoms with Crippen molar-refractivity contribution in [2.75, 3.05) is 17.7 Å². The molecule has 20 heavy (non-hydrogen) atoms. The molecular weight excluding hydrogens is 272 g/mol. The Hall–Kier alpha value is -2.01. The first-order chi connectivity index (χ1) is 9.61. The van der Waals surface area contributed by atoms with E-state index in [-0.39, 0.29) is 12.0 Å². The minimum Gasteiger partial charge on any atom is -0.462 e. The van der Waals surface area contributed by atoms with Crippen molar-refractivity contribution in [2.45, 2.75) is 19.9 Å². The van der Waals surface area contributed by atoms with Gasteiger partial charge in [-0.1, -0.05) is 6.07 Å². The molecular formula is C15H18N2O2S. The second-order valence-corrected chi connectivity index (χ2v) is 5.38. The van der Waals surface area contributed by atoms with Crippen LogP contribution in [0.15, 0.2) is 35.7 Å². The summed E-state index contributed by atoms with van der Waals surface area (Å²) in [5.41, 5.74) is 7.81. The Morgan fingerprint density at radius 3 is 2.90 bits per heavy atom. The summed E-state index contributed by atoms with van der Waals surface area (Å²) in [6.45, 7) is 4.20. The number of carbonyl (C=O) groups is 1. The van der Waals surface area contributed by atoms with Gasteiger partial charge in [0.25, 0.3) is 0 Å². The summed E-state index contributed by atoms with van der Waals surface area (Å²) in [5, 5.41) is 5.36. The summed E-state index contributed by atoms with van der Waals surface area (Å²) >= 11 is 1.68. The highest BCUT2D eigenvalue weighted by Crippen LogP contribution is 2.27. The van der Waals surface area contributed by atoms with Crippen molar-refractivity contribution in [3.8, 4) is 0 Å². The standard InChI is InChI=1S/C15H18N2O2S/c1-3-19-15(18)11-6-7-12(16)13(9-11)17-10(2)14-5-4-8-20-14/h4-10,17H,3,16H2,1-2H3. The molecule has 1 aromatic carbocycles. The first-order valence-electron chi connectivity index (χ1n) is 6.48. The van der Waals surface area contributed by atoms with E-state index < -0.39 is 0 Å². The lowest BCUT2D eigenvalue weighted by molar-refractivity contribution is 0.0526. The average molecular weight is 290 g/mol. The number of esters is 1. The summed E-state index contributed by atoms with van der Waals surface area (Å²) in [5.74, 6) is -0.334. The van der Waals surface area contributed by atoms with Gasteiger partial charge in [-0.2, -0.15) is 0 Å². The van der Waals surface area contributed by atoms with Crippen LogP contribution in [0.3, 0.4) is 0 Å². The van der Waals surface area contributed by atoms with Crippen LogP contribution >= 0.6 is 11.3 Å². The van der Waals surface area contributed by atoms with Crippen molar-refractivity contribution in [1.29, 1.82) is 0 Å². The number of carbonyl (C=O) groups excluding carboxylic acids is 1. The van der Waals surface area contributed by atoms with E-state index in [1.165, 1.54) is 4.88 Å². The molecule has 2 rings (SSSR count). The third-order valence-corrected chi connectivity index (χ3v) is 3.96. The maximum absolute atomic E-state index is 11.7. The fourth-order valence-electron chi connectivity index (χ4n) is 1.86. The number of nitrogen functional groups attached to an aromatic ring is 1. The van der Waals surface area contributed by atoms with E-state index in [1.54, 1.807) is 36.5 Å². The Balaban J connectivity index is 2.18. The monoisotopic (exact) mass is 290 g/mol. The normalized spacial score (nSPS) is 11.9. The summed E-state index contributed by atoms with van der Waals surface area (Å²) in [7, 11) is 0. The lowest BCUT2D eigenvalue weighted by Gasteiger charge is -2.16. The molecule has 0 radical (unpaired) electrons. The topological polar surface area (TPSA) is 64.3 Å². The number of nitrogens with two attached hydrogens (primary N) is 1. The largest absolute Gasteiger partial charge is 0.462 e. The van der Waals surface area contributed by atoms with E-state index in [0.717, 1.165) is 5.69 Å². The van der Waals surface area contributed by atoms with E-state index in [9.17, 15) is 4.79 Å². The maximum atomic E-state index is 11.7. The number of thiophene rings is 1. The molecule has 0 bridgehead atoms. The number of ether oxygens (including phenoxy) is 1. The van der Waals surface area contributed by atoms with Gasteiger partial charge >= 0.3 is 5.97 Å². The van der Waals surface area contributed by atoms with Gasteiger partial charge in [0.1, 0.15) is 0 Å². The molecule has 1 atom stereocenters. The highest BCUT2D eigenvalue weighted by Gasteiger charge is 2.12. The molecule has 1 unspecified atom stereocenters. The quantitative estimate of drug-likeness (QED) is 0.651. The summed E-state index contributed by atoms with van der Waals surface area (Å²) in [6.07, 6.45) is 0. The fourth-order valence-corrected chi connectivity index (χ4v) is 2.60. The van der Waals surface area contributed by atoms with Gasteiger partial charge in [0.05, 0.1) is 29.6 Å². The molecule has 5 heteroatoms. The van der Waals surface area contributed by atoms with Crippen molar-refractivity contribution in [3.05, 3.63) is 46.2 Å². The van der Waals surface area contributed by atoms with Crippen molar-refractivity contribution >= 4 is 28.7 Å². The Morgan fingerprint density at radius 1 is 1.45 bits per heavy atom. The van der Waals surface area contributed by atoms with E-state index >= 15 is 0 Å². The SMILES string of the molecule is CCOC(=O)c1ccc(N)c(NC(C)c2cccs2)c1. The molecule has 0 amide bonds. The molecule has 4 nitrogen and oxygen atoms in total. The molecule has 106 valence electrons. The van der Waals surface area contributed by atoms with E-state index in [2.05, 4.69) is 18.3 Å². The molecule has 0 aliphatic carbocycles. The van der Waals surface area contributed by atoms with Crippen molar-refractivity contribution < 1.29 is 9.53 Å². The highest BCUT2D eigenvalue weighted by atomic mass is 32.1. The highest BCUT2D eigenvalue weighted by molar-refractivity contribution is 7.10. The number of nitrogens with one attached hydrogen (secondary N) is 1. The predicted octanol–water partition coefficient (Wildman–Crippen LogP) is 3.68. The Bertz CT molecular complexity index is 582. The van der Waals surface area contributed by atoms with Gasteiger partial charge in [-0.25, -0.2) is 4.79 Å². The van der Waals surface area contributed by atoms with Crippen LogP contribution in [0, 0.1) is 0 Å². The lowest BCUT2D eigenvalue weighted by atomic mass is 10.1. The van der Waals surface area contributed by atoms with Crippen LogP contribution < -0.4 is 11.1 Å². The number of hydrogen-bond acceptors (Lipinski definition) is 5. The second kappa shape index (κ2) is 6.43.